The lowest BCUT2D eigenvalue weighted by atomic mass is 10.1. The Morgan fingerprint density at radius 2 is 2.04 bits per heavy atom. The number of carbonyl (C=O) groups excluding carboxylic acids is 2. The second kappa shape index (κ2) is 6.86. The predicted molar refractivity (Wildman–Crippen MR) is 91.8 cm³/mol. The van der Waals surface area contributed by atoms with E-state index in [2.05, 4.69) is 10.4 Å². The fourth-order valence-electron chi connectivity index (χ4n) is 2.83. The maximum Gasteiger partial charge on any atom is 0.251 e. The monoisotopic (exact) mass is 326 g/mol. The number of aryl methyl sites for hydroxylation is 2. The zero-order valence-electron chi connectivity index (χ0n) is 14.1. The first-order valence-corrected chi connectivity index (χ1v) is 8.30. The summed E-state index contributed by atoms with van der Waals surface area (Å²) in [6.07, 6.45) is 1.37. The van der Waals surface area contributed by atoms with Crippen LogP contribution in [0.25, 0.3) is 0 Å². The fourth-order valence-corrected chi connectivity index (χ4v) is 2.83. The Kier molecular flexibility index (Phi) is 4.64. The largest absolute Gasteiger partial charge is 0.352 e. The zero-order chi connectivity index (χ0) is 17.1. The van der Waals surface area contributed by atoms with Gasteiger partial charge in [-0.25, -0.2) is 4.68 Å². The highest BCUT2D eigenvalue weighted by molar-refractivity contribution is 5.95. The molecule has 0 saturated carbocycles. The molecule has 1 aliphatic heterocycles. The number of aromatic nitrogens is 2. The van der Waals surface area contributed by atoms with E-state index in [1.807, 2.05) is 36.7 Å². The highest BCUT2D eigenvalue weighted by Gasteiger charge is 2.25. The van der Waals surface area contributed by atoms with E-state index in [0.29, 0.717) is 31.6 Å². The second-order valence-corrected chi connectivity index (χ2v) is 6.05. The number of rotatable bonds is 5. The van der Waals surface area contributed by atoms with Gasteiger partial charge in [-0.2, -0.15) is 5.10 Å². The molecule has 1 aromatic carbocycles. The summed E-state index contributed by atoms with van der Waals surface area (Å²) in [5.74, 6) is 0.881. The summed E-state index contributed by atoms with van der Waals surface area (Å²) >= 11 is 0. The third-order valence-corrected chi connectivity index (χ3v) is 4.09. The van der Waals surface area contributed by atoms with E-state index in [1.165, 1.54) is 0 Å². The van der Waals surface area contributed by atoms with Crippen LogP contribution in [0.4, 0.5) is 5.82 Å². The summed E-state index contributed by atoms with van der Waals surface area (Å²) in [6, 6.07) is 9.34. The van der Waals surface area contributed by atoms with Crippen molar-refractivity contribution >= 4 is 17.6 Å². The molecule has 0 atom stereocenters. The topological polar surface area (TPSA) is 67.2 Å². The normalized spacial score (nSPS) is 13.8. The smallest absolute Gasteiger partial charge is 0.251 e. The summed E-state index contributed by atoms with van der Waals surface area (Å²) in [6.45, 7) is 5.74. The van der Waals surface area contributed by atoms with E-state index >= 15 is 0 Å². The number of nitrogens with zero attached hydrogens (tertiary/aromatic N) is 3. The van der Waals surface area contributed by atoms with Gasteiger partial charge in [-0.15, -0.1) is 0 Å². The minimum atomic E-state index is -0.0637. The number of anilines is 1. The molecule has 126 valence electrons. The first-order chi connectivity index (χ1) is 11.6. The van der Waals surface area contributed by atoms with Crippen molar-refractivity contribution in [3.05, 3.63) is 47.2 Å². The average Bonchev–Trinajstić information content (AvgIpc) is 2.96. The molecule has 2 aromatic rings. The van der Waals surface area contributed by atoms with Crippen LogP contribution in [-0.4, -0.2) is 28.1 Å². The standard InChI is InChI=1S/C18H22N4O2/c1-3-9-19-18(24)15-6-4-14(5-7-15)12-21-16-11-13(2)20-22(16)10-8-17(21)23/h4-7,11H,3,8-10,12H2,1-2H3,(H,19,24). The van der Waals surface area contributed by atoms with Gasteiger partial charge in [0.05, 0.1) is 18.8 Å². The first-order valence-electron chi connectivity index (χ1n) is 8.30. The quantitative estimate of drug-likeness (QED) is 0.916. The molecule has 0 saturated heterocycles. The van der Waals surface area contributed by atoms with Crippen LogP contribution in [0.5, 0.6) is 0 Å². The van der Waals surface area contributed by atoms with E-state index in [9.17, 15) is 9.59 Å². The number of nitrogens with one attached hydrogen (secondary N) is 1. The van der Waals surface area contributed by atoms with Gasteiger partial charge in [-0.05, 0) is 31.0 Å². The number of benzene rings is 1. The van der Waals surface area contributed by atoms with Gasteiger partial charge < -0.3 is 5.32 Å². The molecule has 1 aromatic heterocycles. The van der Waals surface area contributed by atoms with Gasteiger partial charge in [0.25, 0.3) is 5.91 Å². The lowest BCUT2D eigenvalue weighted by Gasteiger charge is -2.27. The van der Waals surface area contributed by atoms with E-state index in [4.69, 9.17) is 0 Å². The number of hydrogen-bond acceptors (Lipinski definition) is 3. The van der Waals surface area contributed by atoms with Crippen molar-refractivity contribution in [2.45, 2.75) is 39.8 Å². The van der Waals surface area contributed by atoms with Gasteiger partial charge in [0.2, 0.25) is 5.91 Å². The fraction of sp³-hybridized carbons (Fsp3) is 0.389. The van der Waals surface area contributed by atoms with Crippen LogP contribution in [-0.2, 0) is 17.9 Å². The van der Waals surface area contributed by atoms with Gasteiger partial charge in [-0.1, -0.05) is 19.1 Å². The van der Waals surface area contributed by atoms with Gasteiger partial charge in [0.15, 0.2) is 0 Å². The molecule has 1 N–H and O–H groups in total. The Hall–Kier alpha value is -2.63. The van der Waals surface area contributed by atoms with Crippen molar-refractivity contribution in [2.75, 3.05) is 11.4 Å². The Bertz CT molecular complexity index is 749. The van der Waals surface area contributed by atoms with Gasteiger partial charge in [-0.3, -0.25) is 14.5 Å². The number of fused-ring (bicyclic) bond motifs is 1. The Balaban J connectivity index is 1.74. The molecular weight excluding hydrogens is 304 g/mol. The third kappa shape index (κ3) is 3.32. The van der Waals surface area contributed by atoms with Crippen molar-refractivity contribution in [1.29, 1.82) is 0 Å². The lowest BCUT2D eigenvalue weighted by Crippen LogP contribution is -2.36. The van der Waals surface area contributed by atoms with Crippen LogP contribution in [0.3, 0.4) is 0 Å². The molecule has 2 heterocycles. The van der Waals surface area contributed by atoms with Gasteiger partial charge >= 0.3 is 0 Å². The van der Waals surface area contributed by atoms with Crippen LogP contribution in [0.2, 0.25) is 0 Å². The highest BCUT2D eigenvalue weighted by Crippen LogP contribution is 2.24. The minimum absolute atomic E-state index is 0.0637. The lowest BCUT2D eigenvalue weighted by molar-refractivity contribution is -0.119. The van der Waals surface area contributed by atoms with Crippen molar-refractivity contribution in [2.24, 2.45) is 0 Å². The van der Waals surface area contributed by atoms with Gasteiger partial charge in [0.1, 0.15) is 5.82 Å². The number of amides is 2. The van der Waals surface area contributed by atoms with Crippen molar-refractivity contribution in [1.82, 2.24) is 15.1 Å². The molecule has 0 spiro atoms. The highest BCUT2D eigenvalue weighted by atomic mass is 16.2. The molecule has 0 aliphatic carbocycles. The molecule has 2 amide bonds. The van der Waals surface area contributed by atoms with Crippen LogP contribution in [0.1, 0.15) is 41.4 Å². The molecule has 0 fully saturated rings. The van der Waals surface area contributed by atoms with E-state index in [-0.39, 0.29) is 11.8 Å². The van der Waals surface area contributed by atoms with E-state index in [1.54, 1.807) is 17.0 Å². The first kappa shape index (κ1) is 16.2. The van der Waals surface area contributed by atoms with Crippen molar-refractivity contribution in [3.63, 3.8) is 0 Å². The average molecular weight is 326 g/mol. The van der Waals surface area contributed by atoms with Crippen LogP contribution >= 0.6 is 0 Å². The SMILES string of the molecule is CCCNC(=O)c1ccc(CN2C(=O)CCn3nc(C)cc32)cc1. The number of carbonyl (C=O) groups is 2. The Morgan fingerprint density at radius 1 is 1.29 bits per heavy atom. The van der Waals surface area contributed by atoms with E-state index < -0.39 is 0 Å². The molecule has 0 bridgehead atoms. The predicted octanol–water partition coefficient (Wildman–Crippen LogP) is 2.27. The second-order valence-electron chi connectivity index (χ2n) is 6.05. The maximum absolute atomic E-state index is 12.3. The van der Waals surface area contributed by atoms with Gasteiger partial charge in [0, 0.05) is 24.6 Å². The number of hydrogen-bond donors (Lipinski definition) is 1. The molecule has 0 radical (unpaired) electrons. The Morgan fingerprint density at radius 3 is 2.75 bits per heavy atom. The molecule has 0 unspecified atom stereocenters. The zero-order valence-corrected chi connectivity index (χ0v) is 14.1. The maximum atomic E-state index is 12.3. The summed E-state index contributed by atoms with van der Waals surface area (Å²) in [7, 11) is 0. The molecular formula is C18H22N4O2. The molecule has 3 rings (SSSR count). The molecule has 24 heavy (non-hydrogen) atoms. The van der Waals surface area contributed by atoms with Crippen molar-refractivity contribution < 1.29 is 9.59 Å². The summed E-state index contributed by atoms with van der Waals surface area (Å²) in [4.78, 5) is 26.0. The summed E-state index contributed by atoms with van der Waals surface area (Å²) in [5.41, 5.74) is 2.54. The molecule has 1 aliphatic rings. The molecule has 6 nitrogen and oxygen atoms in total. The third-order valence-electron chi connectivity index (χ3n) is 4.09. The van der Waals surface area contributed by atoms with Crippen LogP contribution < -0.4 is 10.2 Å². The summed E-state index contributed by atoms with van der Waals surface area (Å²) in [5, 5.41) is 7.27. The summed E-state index contributed by atoms with van der Waals surface area (Å²) < 4.78 is 1.88. The van der Waals surface area contributed by atoms with Crippen LogP contribution in [0.15, 0.2) is 30.3 Å². The van der Waals surface area contributed by atoms with Crippen LogP contribution in [0, 0.1) is 6.92 Å². The Labute approximate surface area is 141 Å². The van der Waals surface area contributed by atoms with E-state index in [0.717, 1.165) is 23.5 Å². The molecule has 6 heteroatoms. The minimum Gasteiger partial charge on any atom is -0.352 e. The van der Waals surface area contributed by atoms with Crippen molar-refractivity contribution in [3.8, 4) is 0 Å².